The highest BCUT2D eigenvalue weighted by Crippen LogP contribution is 2.28. The number of aliphatic hydroxyl groups excluding tert-OH is 1. The molecule has 0 amide bonds. The molecule has 25 heavy (non-hydrogen) atoms. The van der Waals surface area contributed by atoms with Gasteiger partial charge in [0.05, 0.1) is 31.9 Å². The third kappa shape index (κ3) is 3.23. The number of benzene rings is 2. The minimum absolute atomic E-state index is 0.0749. The second kappa shape index (κ2) is 6.82. The topological polar surface area (TPSA) is 51.6 Å². The highest BCUT2D eigenvalue weighted by Gasteiger charge is 2.27. The van der Waals surface area contributed by atoms with Crippen LogP contribution in [0.3, 0.4) is 0 Å². The number of ether oxygens (including phenoxy) is 2. The average molecular weight is 335 g/mol. The highest BCUT2D eigenvalue weighted by atomic mass is 16.5. The number of hydrogen-bond acceptors (Lipinski definition) is 4. The Morgan fingerprint density at radius 3 is 2.64 bits per heavy atom. The molecule has 4 nitrogen and oxygen atoms in total. The van der Waals surface area contributed by atoms with Gasteiger partial charge in [0.15, 0.2) is 0 Å². The molecular formula is C21H21NO3. The maximum Gasteiger partial charge on any atom is 0.217 e. The predicted molar refractivity (Wildman–Crippen MR) is 97.1 cm³/mol. The second-order valence-corrected chi connectivity index (χ2v) is 6.48. The van der Waals surface area contributed by atoms with E-state index in [4.69, 9.17) is 9.47 Å². The summed E-state index contributed by atoms with van der Waals surface area (Å²) in [6, 6.07) is 18.6. The Balaban J connectivity index is 1.60. The Bertz CT molecular complexity index is 876. The molecule has 128 valence electrons. The van der Waals surface area contributed by atoms with Crippen LogP contribution in [-0.4, -0.2) is 36.5 Å². The SMILES string of the molecule is COc1nc2ccccc2cc1Cc1ccc(C2COC[C@H]2O)cc1. The van der Waals surface area contributed by atoms with Crippen molar-refractivity contribution in [3.8, 4) is 5.88 Å². The largest absolute Gasteiger partial charge is 0.481 e. The molecule has 0 radical (unpaired) electrons. The van der Waals surface area contributed by atoms with Gasteiger partial charge in [-0.15, -0.1) is 0 Å². The van der Waals surface area contributed by atoms with Crippen LogP contribution in [-0.2, 0) is 11.2 Å². The fraction of sp³-hybridized carbons (Fsp3) is 0.286. The molecule has 4 rings (SSSR count). The number of aromatic nitrogens is 1. The first-order valence-corrected chi connectivity index (χ1v) is 8.52. The summed E-state index contributed by atoms with van der Waals surface area (Å²) in [5.41, 5.74) is 4.32. The first-order chi connectivity index (χ1) is 12.2. The van der Waals surface area contributed by atoms with E-state index in [2.05, 4.69) is 41.4 Å². The summed E-state index contributed by atoms with van der Waals surface area (Å²) in [6.45, 7) is 1.01. The van der Waals surface area contributed by atoms with Crippen LogP contribution >= 0.6 is 0 Å². The van der Waals surface area contributed by atoms with E-state index in [9.17, 15) is 5.11 Å². The van der Waals surface area contributed by atoms with Crippen molar-refractivity contribution in [2.24, 2.45) is 0 Å². The molecule has 2 atom stereocenters. The molecule has 1 aromatic heterocycles. The van der Waals surface area contributed by atoms with E-state index in [1.54, 1.807) is 7.11 Å². The van der Waals surface area contributed by atoms with Crippen molar-refractivity contribution in [1.82, 2.24) is 4.98 Å². The van der Waals surface area contributed by atoms with Crippen LogP contribution < -0.4 is 4.74 Å². The molecule has 0 spiro atoms. The van der Waals surface area contributed by atoms with Crippen LogP contribution in [0.1, 0.15) is 22.6 Å². The lowest BCUT2D eigenvalue weighted by Gasteiger charge is -2.14. The van der Waals surface area contributed by atoms with Crippen molar-refractivity contribution in [2.45, 2.75) is 18.4 Å². The number of fused-ring (bicyclic) bond motifs is 1. The maximum absolute atomic E-state index is 9.97. The van der Waals surface area contributed by atoms with Gasteiger partial charge in [-0.05, 0) is 23.3 Å². The number of methoxy groups -OCH3 is 1. The minimum atomic E-state index is -0.407. The fourth-order valence-corrected chi connectivity index (χ4v) is 3.41. The van der Waals surface area contributed by atoms with Crippen molar-refractivity contribution in [2.75, 3.05) is 20.3 Å². The summed E-state index contributed by atoms with van der Waals surface area (Å²) in [5.74, 6) is 0.744. The highest BCUT2D eigenvalue weighted by molar-refractivity contribution is 5.80. The smallest absolute Gasteiger partial charge is 0.217 e. The van der Waals surface area contributed by atoms with Crippen molar-refractivity contribution < 1.29 is 14.6 Å². The van der Waals surface area contributed by atoms with E-state index in [0.29, 0.717) is 19.1 Å². The zero-order chi connectivity index (χ0) is 17.2. The fourth-order valence-electron chi connectivity index (χ4n) is 3.41. The van der Waals surface area contributed by atoms with Crippen LogP contribution in [0.25, 0.3) is 10.9 Å². The quantitative estimate of drug-likeness (QED) is 0.795. The van der Waals surface area contributed by atoms with Gasteiger partial charge in [0, 0.05) is 23.3 Å². The van der Waals surface area contributed by atoms with E-state index in [1.165, 1.54) is 5.56 Å². The van der Waals surface area contributed by atoms with Gasteiger partial charge in [-0.2, -0.15) is 0 Å². The number of para-hydroxylation sites is 1. The third-order valence-corrected chi connectivity index (χ3v) is 4.81. The van der Waals surface area contributed by atoms with Crippen LogP contribution in [0.15, 0.2) is 54.6 Å². The molecule has 2 heterocycles. The van der Waals surface area contributed by atoms with Crippen LogP contribution in [0.4, 0.5) is 0 Å². The number of pyridine rings is 1. The zero-order valence-corrected chi connectivity index (χ0v) is 14.2. The standard InChI is InChI=1S/C21H21NO3/c1-24-21-17(11-16-4-2-3-5-19(16)22-21)10-14-6-8-15(9-7-14)18-12-25-13-20(18)23/h2-9,11,18,20,23H,10,12-13H2,1H3/t18?,20-/m1/s1. The van der Waals surface area contributed by atoms with Crippen molar-refractivity contribution in [1.29, 1.82) is 0 Å². The zero-order valence-electron chi connectivity index (χ0n) is 14.2. The minimum Gasteiger partial charge on any atom is -0.481 e. The Morgan fingerprint density at radius 2 is 1.92 bits per heavy atom. The predicted octanol–water partition coefficient (Wildman–Crippen LogP) is 3.31. The molecule has 1 aliphatic rings. The molecular weight excluding hydrogens is 314 g/mol. The summed E-state index contributed by atoms with van der Waals surface area (Å²) in [4.78, 5) is 4.61. The van der Waals surface area contributed by atoms with Crippen molar-refractivity contribution >= 4 is 10.9 Å². The molecule has 1 fully saturated rings. The number of nitrogens with zero attached hydrogens (tertiary/aromatic N) is 1. The van der Waals surface area contributed by atoms with Gasteiger partial charge in [-0.1, -0.05) is 42.5 Å². The first kappa shape index (κ1) is 16.1. The van der Waals surface area contributed by atoms with Crippen LogP contribution in [0.2, 0.25) is 0 Å². The number of aliphatic hydroxyl groups is 1. The van der Waals surface area contributed by atoms with E-state index in [0.717, 1.165) is 28.5 Å². The molecule has 2 aromatic carbocycles. The lowest BCUT2D eigenvalue weighted by atomic mass is 9.94. The third-order valence-electron chi connectivity index (χ3n) is 4.81. The number of rotatable bonds is 4. The van der Waals surface area contributed by atoms with Gasteiger partial charge < -0.3 is 14.6 Å². The van der Waals surface area contributed by atoms with Gasteiger partial charge in [0.1, 0.15) is 0 Å². The van der Waals surface area contributed by atoms with Gasteiger partial charge in [0.25, 0.3) is 0 Å². The second-order valence-electron chi connectivity index (χ2n) is 6.48. The van der Waals surface area contributed by atoms with E-state index >= 15 is 0 Å². The molecule has 0 aliphatic carbocycles. The summed E-state index contributed by atoms with van der Waals surface area (Å²) in [7, 11) is 1.66. The molecule has 1 aliphatic heterocycles. The lowest BCUT2D eigenvalue weighted by molar-refractivity contribution is 0.124. The summed E-state index contributed by atoms with van der Waals surface area (Å²) >= 11 is 0. The summed E-state index contributed by atoms with van der Waals surface area (Å²) in [6.07, 6.45) is 0.348. The Hall–Kier alpha value is -2.43. The van der Waals surface area contributed by atoms with Crippen molar-refractivity contribution in [3.05, 3.63) is 71.3 Å². The Labute approximate surface area is 147 Å². The maximum atomic E-state index is 9.97. The monoisotopic (exact) mass is 335 g/mol. The van der Waals surface area contributed by atoms with Crippen LogP contribution in [0.5, 0.6) is 5.88 Å². The molecule has 0 bridgehead atoms. The Kier molecular flexibility index (Phi) is 4.38. The van der Waals surface area contributed by atoms with Crippen molar-refractivity contribution in [3.63, 3.8) is 0 Å². The van der Waals surface area contributed by atoms with Gasteiger partial charge >= 0.3 is 0 Å². The average Bonchev–Trinajstić information content (AvgIpc) is 3.08. The molecule has 0 saturated carbocycles. The summed E-state index contributed by atoms with van der Waals surface area (Å²) < 4.78 is 10.8. The molecule has 3 aromatic rings. The molecule has 4 heteroatoms. The molecule has 1 N–H and O–H groups in total. The van der Waals surface area contributed by atoms with E-state index in [-0.39, 0.29) is 5.92 Å². The van der Waals surface area contributed by atoms with Crippen LogP contribution in [0, 0.1) is 0 Å². The molecule has 1 saturated heterocycles. The summed E-state index contributed by atoms with van der Waals surface area (Å²) in [5, 5.41) is 11.1. The first-order valence-electron chi connectivity index (χ1n) is 8.52. The van der Waals surface area contributed by atoms with Gasteiger partial charge in [-0.3, -0.25) is 0 Å². The van der Waals surface area contributed by atoms with Gasteiger partial charge in [-0.25, -0.2) is 4.98 Å². The molecule has 1 unspecified atom stereocenters. The van der Waals surface area contributed by atoms with Gasteiger partial charge in [0.2, 0.25) is 5.88 Å². The number of hydrogen-bond donors (Lipinski definition) is 1. The van der Waals surface area contributed by atoms with E-state index in [1.807, 2.05) is 18.2 Å². The Morgan fingerprint density at radius 1 is 1.12 bits per heavy atom. The lowest BCUT2D eigenvalue weighted by Crippen LogP contribution is -2.15. The van der Waals surface area contributed by atoms with E-state index < -0.39 is 6.10 Å². The normalized spacial score (nSPS) is 20.1.